The molecule has 17 heavy (non-hydrogen) atoms. The van der Waals surface area contributed by atoms with Gasteiger partial charge in [0.25, 0.3) is 0 Å². The zero-order chi connectivity index (χ0) is 12.5. The van der Waals surface area contributed by atoms with Gasteiger partial charge in [0.1, 0.15) is 11.6 Å². The fourth-order valence-corrected chi connectivity index (χ4v) is 2.88. The van der Waals surface area contributed by atoms with Gasteiger partial charge in [-0.25, -0.2) is 4.39 Å². The summed E-state index contributed by atoms with van der Waals surface area (Å²) in [6.07, 6.45) is 5.33. The monoisotopic (exact) mass is 301 g/mol. The van der Waals surface area contributed by atoms with Crippen LogP contribution in [0, 0.1) is 5.82 Å². The first-order chi connectivity index (χ1) is 8.07. The zero-order valence-corrected chi connectivity index (χ0v) is 11.5. The Morgan fingerprint density at radius 3 is 2.53 bits per heavy atom. The molecule has 4 heteroatoms. The summed E-state index contributed by atoms with van der Waals surface area (Å²) in [6, 6.07) is 3.17. The number of ether oxygens (including phenoxy) is 1. The number of rotatable bonds is 2. The van der Waals surface area contributed by atoms with Crippen molar-refractivity contribution in [3.8, 4) is 5.75 Å². The van der Waals surface area contributed by atoms with E-state index in [1.807, 2.05) is 0 Å². The van der Waals surface area contributed by atoms with Crippen molar-refractivity contribution >= 4 is 15.9 Å². The number of halogens is 2. The third-order valence-electron chi connectivity index (χ3n) is 3.52. The summed E-state index contributed by atoms with van der Waals surface area (Å²) < 4.78 is 19.2. The topological polar surface area (TPSA) is 35.2 Å². The first kappa shape index (κ1) is 12.8. The van der Waals surface area contributed by atoms with Crippen molar-refractivity contribution in [2.45, 2.75) is 37.6 Å². The number of hydrogen-bond donors (Lipinski definition) is 1. The summed E-state index contributed by atoms with van der Waals surface area (Å²) in [5, 5.41) is 0. The van der Waals surface area contributed by atoms with Crippen molar-refractivity contribution in [2.24, 2.45) is 5.73 Å². The van der Waals surface area contributed by atoms with Crippen LogP contribution in [0.4, 0.5) is 4.39 Å². The average Bonchev–Trinajstić information content (AvgIpc) is 2.33. The van der Waals surface area contributed by atoms with Gasteiger partial charge in [-0.15, -0.1) is 0 Å². The van der Waals surface area contributed by atoms with Gasteiger partial charge in [-0.05, 0) is 34.8 Å². The van der Waals surface area contributed by atoms with E-state index in [0.717, 1.165) is 31.2 Å². The highest BCUT2D eigenvalue weighted by Crippen LogP contribution is 2.41. The summed E-state index contributed by atoms with van der Waals surface area (Å²) in [5.74, 6) is 0.236. The molecule has 0 atom stereocenters. The van der Waals surface area contributed by atoms with Crippen LogP contribution in [0.5, 0.6) is 5.75 Å². The largest absolute Gasteiger partial charge is 0.496 e. The molecule has 0 heterocycles. The third-order valence-corrected chi connectivity index (χ3v) is 4.13. The van der Waals surface area contributed by atoms with E-state index in [0.29, 0.717) is 10.2 Å². The molecule has 0 unspecified atom stereocenters. The number of methoxy groups -OCH3 is 1. The molecule has 2 nitrogen and oxygen atoms in total. The van der Waals surface area contributed by atoms with Crippen LogP contribution in [0.3, 0.4) is 0 Å². The van der Waals surface area contributed by atoms with Crippen LogP contribution >= 0.6 is 15.9 Å². The molecule has 0 amide bonds. The van der Waals surface area contributed by atoms with Crippen molar-refractivity contribution in [2.75, 3.05) is 7.11 Å². The summed E-state index contributed by atoms with van der Waals surface area (Å²) in [5.41, 5.74) is 6.99. The van der Waals surface area contributed by atoms with Gasteiger partial charge in [-0.2, -0.15) is 0 Å². The Kier molecular flexibility index (Phi) is 3.73. The molecular formula is C13H17BrFNO. The maximum atomic E-state index is 13.5. The minimum Gasteiger partial charge on any atom is -0.496 e. The predicted molar refractivity (Wildman–Crippen MR) is 69.6 cm³/mol. The number of nitrogens with two attached hydrogens (primary N) is 1. The molecule has 0 radical (unpaired) electrons. The zero-order valence-electron chi connectivity index (χ0n) is 9.93. The van der Waals surface area contributed by atoms with Gasteiger partial charge in [0.05, 0.1) is 11.6 Å². The minimum atomic E-state index is -0.375. The van der Waals surface area contributed by atoms with E-state index in [9.17, 15) is 4.39 Å². The van der Waals surface area contributed by atoms with Crippen molar-refractivity contribution in [3.63, 3.8) is 0 Å². The second kappa shape index (κ2) is 4.94. The van der Waals surface area contributed by atoms with Crippen LogP contribution < -0.4 is 10.5 Å². The van der Waals surface area contributed by atoms with E-state index in [2.05, 4.69) is 15.9 Å². The Hall–Kier alpha value is -0.610. The lowest BCUT2D eigenvalue weighted by atomic mass is 9.77. The molecule has 1 saturated carbocycles. The van der Waals surface area contributed by atoms with Gasteiger partial charge >= 0.3 is 0 Å². The minimum absolute atomic E-state index is 0.315. The summed E-state index contributed by atoms with van der Waals surface area (Å²) >= 11 is 3.21. The van der Waals surface area contributed by atoms with Crippen molar-refractivity contribution in [3.05, 3.63) is 28.0 Å². The highest BCUT2D eigenvalue weighted by molar-refractivity contribution is 9.10. The molecule has 0 bridgehead atoms. The summed E-state index contributed by atoms with van der Waals surface area (Å²) in [4.78, 5) is 0. The third kappa shape index (κ3) is 2.47. The van der Waals surface area contributed by atoms with E-state index in [4.69, 9.17) is 10.5 Å². The Bertz CT molecular complexity index is 416. The van der Waals surface area contributed by atoms with Crippen LogP contribution in [-0.4, -0.2) is 7.11 Å². The molecule has 1 aromatic carbocycles. The highest BCUT2D eigenvalue weighted by Gasteiger charge is 2.32. The Labute approximate surface area is 109 Å². The SMILES string of the molecule is COc1cc(F)c(Br)cc1C1(N)CCCCC1. The quantitative estimate of drug-likeness (QED) is 0.903. The van der Waals surface area contributed by atoms with Crippen LogP contribution in [0.1, 0.15) is 37.7 Å². The normalized spacial score (nSPS) is 19.1. The molecular weight excluding hydrogens is 285 g/mol. The maximum Gasteiger partial charge on any atom is 0.141 e. The number of hydrogen-bond acceptors (Lipinski definition) is 2. The second-order valence-corrected chi connectivity index (χ2v) is 5.54. The molecule has 0 aliphatic heterocycles. The van der Waals surface area contributed by atoms with Crippen molar-refractivity contribution < 1.29 is 9.13 Å². The fraction of sp³-hybridized carbons (Fsp3) is 0.538. The van der Waals surface area contributed by atoms with Crippen LogP contribution in [0.25, 0.3) is 0 Å². The van der Waals surface area contributed by atoms with Gasteiger partial charge in [0.2, 0.25) is 0 Å². The van der Waals surface area contributed by atoms with Crippen molar-refractivity contribution in [1.82, 2.24) is 0 Å². The standard InChI is InChI=1S/C13H17BrFNO/c1-17-12-8-11(15)10(14)7-9(12)13(16)5-3-2-4-6-13/h7-8H,2-6,16H2,1H3. The highest BCUT2D eigenvalue weighted by atomic mass is 79.9. The van der Waals surface area contributed by atoms with Gasteiger partial charge in [0.15, 0.2) is 0 Å². The molecule has 0 spiro atoms. The Morgan fingerprint density at radius 1 is 1.29 bits per heavy atom. The number of benzene rings is 1. The van der Waals surface area contributed by atoms with E-state index in [-0.39, 0.29) is 11.4 Å². The van der Waals surface area contributed by atoms with Crippen LogP contribution in [-0.2, 0) is 5.54 Å². The fourth-order valence-electron chi connectivity index (χ4n) is 2.54. The maximum absolute atomic E-state index is 13.5. The molecule has 2 rings (SSSR count). The predicted octanol–water partition coefficient (Wildman–Crippen LogP) is 3.71. The molecule has 0 aromatic heterocycles. The summed E-state index contributed by atoms with van der Waals surface area (Å²) in [7, 11) is 1.55. The average molecular weight is 302 g/mol. The van der Waals surface area contributed by atoms with Gasteiger partial charge in [0, 0.05) is 17.2 Å². The lowest BCUT2D eigenvalue weighted by Crippen LogP contribution is -2.39. The summed E-state index contributed by atoms with van der Waals surface area (Å²) in [6.45, 7) is 0. The first-order valence-corrected chi connectivity index (χ1v) is 6.68. The van der Waals surface area contributed by atoms with Crippen LogP contribution in [0.15, 0.2) is 16.6 Å². The smallest absolute Gasteiger partial charge is 0.141 e. The van der Waals surface area contributed by atoms with Crippen molar-refractivity contribution in [1.29, 1.82) is 0 Å². The molecule has 0 saturated heterocycles. The molecule has 2 N–H and O–H groups in total. The molecule has 1 aliphatic carbocycles. The first-order valence-electron chi connectivity index (χ1n) is 5.89. The van der Waals surface area contributed by atoms with E-state index in [1.165, 1.54) is 12.5 Å². The molecule has 1 aromatic rings. The Balaban J connectivity index is 2.45. The van der Waals surface area contributed by atoms with Crippen LogP contribution in [0.2, 0.25) is 0 Å². The Morgan fingerprint density at radius 2 is 1.94 bits per heavy atom. The lowest BCUT2D eigenvalue weighted by Gasteiger charge is -2.35. The van der Waals surface area contributed by atoms with Gasteiger partial charge in [-0.3, -0.25) is 0 Å². The van der Waals surface area contributed by atoms with E-state index < -0.39 is 0 Å². The lowest BCUT2D eigenvalue weighted by molar-refractivity contribution is 0.288. The van der Waals surface area contributed by atoms with E-state index in [1.54, 1.807) is 13.2 Å². The molecule has 1 aliphatic rings. The molecule has 94 valence electrons. The van der Waals surface area contributed by atoms with Gasteiger partial charge in [-0.1, -0.05) is 19.3 Å². The van der Waals surface area contributed by atoms with Gasteiger partial charge < -0.3 is 10.5 Å². The van der Waals surface area contributed by atoms with E-state index >= 15 is 0 Å². The second-order valence-electron chi connectivity index (χ2n) is 4.68. The molecule has 1 fully saturated rings.